The molecule has 0 radical (unpaired) electrons. The molecule has 3 rings (SSSR count). The van der Waals surface area contributed by atoms with Gasteiger partial charge >= 0.3 is 5.97 Å². The number of aromatic nitrogens is 1. The highest BCUT2D eigenvalue weighted by Gasteiger charge is 2.42. The molecule has 1 saturated carbocycles. The van der Waals surface area contributed by atoms with E-state index in [1.807, 2.05) is 37.3 Å². The van der Waals surface area contributed by atoms with Crippen molar-refractivity contribution in [3.63, 3.8) is 0 Å². The van der Waals surface area contributed by atoms with E-state index in [0.29, 0.717) is 24.3 Å². The Morgan fingerprint density at radius 1 is 1.15 bits per heavy atom. The molecule has 1 aliphatic carbocycles. The Kier molecular flexibility index (Phi) is 5.07. The molecule has 1 heterocycles. The van der Waals surface area contributed by atoms with E-state index in [1.54, 1.807) is 12.3 Å². The van der Waals surface area contributed by atoms with Crippen LogP contribution in [0.15, 0.2) is 42.6 Å². The first-order valence-corrected chi connectivity index (χ1v) is 9.00. The monoisotopic (exact) mass is 352 g/mol. The Bertz CT molecular complexity index is 809. The number of benzene rings is 1. The molecule has 136 valence electrons. The SMILES string of the molecule is Cc1c(C(=O)NC2(C(=O)O)CCC(C)CC2)cccc1-c1ccccn1. The molecule has 1 aromatic heterocycles. The minimum Gasteiger partial charge on any atom is -0.480 e. The molecule has 1 aromatic carbocycles. The smallest absolute Gasteiger partial charge is 0.329 e. The van der Waals surface area contributed by atoms with Gasteiger partial charge in [0.15, 0.2) is 0 Å². The van der Waals surface area contributed by atoms with Crippen LogP contribution < -0.4 is 5.32 Å². The Morgan fingerprint density at radius 2 is 1.88 bits per heavy atom. The van der Waals surface area contributed by atoms with Gasteiger partial charge < -0.3 is 10.4 Å². The number of carboxylic acid groups (broad SMARTS) is 1. The third-order valence-corrected chi connectivity index (χ3v) is 5.41. The van der Waals surface area contributed by atoms with Gasteiger partial charge in [0.2, 0.25) is 0 Å². The summed E-state index contributed by atoms with van der Waals surface area (Å²) in [6, 6.07) is 11.1. The van der Waals surface area contributed by atoms with Gasteiger partial charge in [0.25, 0.3) is 5.91 Å². The molecule has 5 heteroatoms. The molecule has 1 aliphatic rings. The zero-order chi connectivity index (χ0) is 18.7. The zero-order valence-corrected chi connectivity index (χ0v) is 15.2. The molecule has 0 atom stereocenters. The summed E-state index contributed by atoms with van der Waals surface area (Å²) in [4.78, 5) is 29.2. The molecule has 1 amide bonds. The van der Waals surface area contributed by atoms with Crippen LogP contribution >= 0.6 is 0 Å². The average molecular weight is 352 g/mol. The van der Waals surface area contributed by atoms with E-state index in [0.717, 1.165) is 29.7 Å². The lowest BCUT2D eigenvalue weighted by atomic mass is 9.77. The maximum Gasteiger partial charge on any atom is 0.329 e. The minimum atomic E-state index is -1.17. The fraction of sp³-hybridized carbons (Fsp3) is 0.381. The summed E-state index contributed by atoms with van der Waals surface area (Å²) in [7, 11) is 0. The zero-order valence-electron chi connectivity index (χ0n) is 15.2. The van der Waals surface area contributed by atoms with E-state index in [4.69, 9.17) is 0 Å². The van der Waals surface area contributed by atoms with E-state index in [1.165, 1.54) is 0 Å². The Hall–Kier alpha value is -2.69. The molecule has 2 aromatic rings. The van der Waals surface area contributed by atoms with Crippen molar-refractivity contribution in [2.45, 2.75) is 45.1 Å². The van der Waals surface area contributed by atoms with E-state index in [2.05, 4.69) is 17.2 Å². The van der Waals surface area contributed by atoms with Gasteiger partial charge in [0, 0.05) is 17.3 Å². The van der Waals surface area contributed by atoms with E-state index in [-0.39, 0.29) is 5.91 Å². The van der Waals surface area contributed by atoms with Crippen LogP contribution in [0.2, 0.25) is 0 Å². The van der Waals surface area contributed by atoms with Crippen LogP contribution in [-0.4, -0.2) is 27.5 Å². The summed E-state index contributed by atoms with van der Waals surface area (Å²) < 4.78 is 0. The van der Waals surface area contributed by atoms with Gasteiger partial charge in [-0.05, 0) is 62.3 Å². The van der Waals surface area contributed by atoms with Crippen LogP contribution in [0.3, 0.4) is 0 Å². The summed E-state index contributed by atoms with van der Waals surface area (Å²) in [5, 5.41) is 12.6. The number of nitrogens with zero attached hydrogens (tertiary/aromatic N) is 1. The number of carbonyl (C=O) groups excluding carboxylic acids is 1. The Balaban J connectivity index is 1.89. The van der Waals surface area contributed by atoms with Gasteiger partial charge in [-0.1, -0.05) is 25.1 Å². The van der Waals surface area contributed by atoms with Crippen LogP contribution in [0.4, 0.5) is 0 Å². The van der Waals surface area contributed by atoms with Crippen molar-refractivity contribution in [3.8, 4) is 11.3 Å². The molecule has 0 unspecified atom stereocenters. The van der Waals surface area contributed by atoms with Gasteiger partial charge in [0.05, 0.1) is 5.69 Å². The molecular formula is C21H24N2O3. The lowest BCUT2D eigenvalue weighted by Gasteiger charge is -2.36. The normalized spacial score (nSPS) is 22.6. The number of carbonyl (C=O) groups is 2. The molecule has 5 nitrogen and oxygen atoms in total. The van der Waals surface area contributed by atoms with Crippen LogP contribution in [0.25, 0.3) is 11.3 Å². The lowest BCUT2D eigenvalue weighted by molar-refractivity contribution is -0.146. The molecule has 2 N–H and O–H groups in total. The van der Waals surface area contributed by atoms with Crippen molar-refractivity contribution >= 4 is 11.9 Å². The molecular weight excluding hydrogens is 328 g/mol. The number of hydrogen-bond acceptors (Lipinski definition) is 3. The third kappa shape index (κ3) is 3.47. The van der Waals surface area contributed by atoms with Crippen LogP contribution in [-0.2, 0) is 4.79 Å². The standard InChI is InChI=1S/C21H24N2O3/c1-14-9-11-21(12-10-14,20(25)26)23-19(24)17-7-5-6-16(15(17)2)18-8-3-4-13-22-18/h3-8,13-14H,9-12H2,1-2H3,(H,23,24)(H,25,26). The molecule has 0 aliphatic heterocycles. The van der Waals surface area contributed by atoms with Gasteiger partial charge in [0.1, 0.15) is 5.54 Å². The average Bonchev–Trinajstić information content (AvgIpc) is 2.64. The largest absolute Gasteiger partial charge is 0.480 e. The minimum absolute atomic E-state index is 0.336. The van der Waals surface area contributed by atoms with Crippen LogP contribution in [0.5, 0.6) is 0 Å². The maximum atomic E-state index is 12.9. The van der Waals surface area contributed by atoms with Crippen molar-refractivity contribution in [1.82, 2.24) is 10.3 Å². The number of aliphatic carboxylic acids is 1. The highest BCUT2D eigenvalue weighted by atomic mass is 16.4. The highest BCUT2D eigenvalue weighted by Crippen LogP contribution is 2.33. The summed E-state index contributed by atoms with van der Waals surface area (Å²) in [5.41, 5.74) is 1.79. The Morgan fingerprint density at radius 3 is 2.50 bits per heavy atom. The molecule has 1 fully saturated rings. The number of carboxylic acids is 1. The third-order valence-electron chi connectivity index (χ3n) is 5.41. The number of amides is 1. The second-order valence-electron chi connectivity index (χ2n) is 7.22. The highest BCUT2D eigenvalue weighted by molar-refractivity contribution is 6.00. The summed E-state index contributed by atoms with van der Waals surface area (Å²) in [5.74, 6) is -0.790. The maximum absolute atomic E-state index is 12.9. The second-order valence-corrected chi connectivity index (χ2v) is 7.22. The first-order chi connectivity index (χ1) is 12.4. The summed E-state index contributed by atoms with van der Waals surface area (Å²) >= 11 is 0. The number of pyridine rings is 1. The van der Waals surface area contributed by atoms with E-state index < -0.39 is 11.5 Å². The first kappa shape index (κ1) is 18.1. The van der Waals surface area contributed by atoms with E-state index in [9.17, 15) is 14.7 Å². The molecule has 26 heavy (non-hydrogen) atoms. The van der Waals surface area contributed by atoms with Crippen LogP contribution in [0, 0.1) is 12.8 Å². The number of rotatable bonds is 4. The molecule has 0 bridgehead atoms. The van der Waals surface area contributed by atoms with Gasteiger partial charge in [-0.2, -0.15) is 0 Å². The summed E-state index contributed by atoms with van der Waals surface area (Å²) in [6.07, 6.45) is 4.26. The number of hydrogen-bond donors (Lipinski definition) is 2. The quantitative estimate of drug-likeness (QED) is 0.877. The lowest BCUT2D eigenvalue weighted by Crippen LogP contribution is -2.56. The van der Waals surface area contributed by atoms with Crippen molar-refractivity contribution in [2.24, 2.45) is 5.92 Å². The van der Waals surface area contributed by atoms with E-state index >= 15 is 0 Å². The van der Waals surface area contributed by atoms with Crippen molar-refractivity contribution in [2.75, 3.05) is 0 Å². The van der Waals surface area contributed by atoms with Gasteiger partial charge in [-0.15, -0.1) is 0 Å². The predicted octanol–water partition coefficient (Wildman–Crippen LogP) is 3.82. The summed E-state index contributed by atoms with van der Waals surface area (Å²) in [6.45, 7) is 3.99. The van der Waals surface area contributed by atoms with Crippen molar-refractivity contribution in [3.05, 3.63) is 53.7 Å². The fourth-order valence-corrected chi connectivity index (χ4v) is 3.61. The Labute approximate surface area is 153 Å². The van der Waals surface area contributed by atoms with Crippen molar-refractivity contribution < 1.29 is 14.7 Å². The van der Waals surface area contributed by atoms with Gasteiger partial charge in [-0.25, -0.2) is 4.79 Å². The molecule has 0 saturated heterocycles. The predicted molar refractivity (Wildman–Crippen MR) is 99.9 cm³/mol. The topological polar surface area (TPSA) is 79.3 Å². The van der Waals surface area contributed by atoms with Crippen LogP contribution in [0.1, 0.15) is 48.5 Å². The van der Waals surface area contributed by atoms with Gasteiger partial charge in [-0.3, -0.25) is 9.78 Å². The first-order valence-electron chi connectivity index (χ1n) is 9.00. The second kappa shape index (κ2) is 7.28. The number of nitrogens with one attached hydrogen (secondary N) is 1. The molecule has 0 spiro atoms. The van der Waals surface area contributed by atoms with Crippen molar-refractivity contribution in [1.29, 1.82) is 0 Å². The fourth-order valence-electron chi connectivity index (χ4n) is 3.61.